The molecule has 0 saturated carbocycles. The number of aryl methyl sites for hydroxylation is 1. The first-order valence-corrected chi connectivity index (χ1v) is 8.27. The van der Waals surface area contributed by atoms with Gasteiger partial charge < -0.3 is 0 Å². The summed E-state index contributed by atoms with van der Waals surface area (Å²) in [5.74, 6) is 0. The molecule has 22 heavy (non-hydrogen) atoms. The van der Waals surface area contributed by atoms with E-state index in [2.05, 4.69) is 83.2 Å². The average Bonchev–Trinajstić information content (AvgIpc) is 2.53. The molecular formula is C21H29N. The molecule has 0 saturated heterocycles. The quantitative estimate of drug-likeness (QED) is 0.428. The topological polar surface area (TPSA) is 12.4 Å². The van der Waals surface area contributed by atoms with Gasteiger partial charge in [-0.1, -0.05) is 55.8 Å². The second-order valence-corrected chi connectivity index (χ2v) is 5.42. The lowest BCUT2D eigenvalue weighted by atomic mass is 9.97. The van der Waals surface area contributed by atoms with Gasteiger partial charge in [-0.25, -0.2) is 0 Å². The van der Waals surface area contributed by atoms with Crippen LogP contribution in [0.2, 0.25) is 0 Å². The van der Waals surface area contributed by atoms with E-state index in [4.69, 9.17) is 4.99 Å². The predicted octanol–water partition coefficient (Wildman–Crippen LogP) is 6.05. The van der Waals surface area contributed by atoms with Crippen molar-refractivity contribution in [2.24, 2.45) is 4.99 Å². The van der Waals surface area contributed by atoms with Gasteiger partial charge in [-0.3, -0.25) is 4.99 Å². The maximum atomic E-state index is 4.85. The second kappa shape index (κ2) is 9.94. The fraction of sp³-hybridized carbons (Fsp3) is 0.381. The molecule has 0 radical (unpaired) electrons. The van der Waals surface area contributed by atoms with Crippen LogP contribution in [0.15, 0.2) is 64.7 Å². The summed E-state index contributed by atoms with van der Waals surface area (Å²) < 4.78 is 0. The maximum absolute atomic E-state index is 4.85. The SMILES string of the molecule is C/C=C/C(=C\C(=C/C)C(=NCCC)c1cccc(C)c1)CC. The Kier molecular flexibility index (Phi) is 8.21. The molecule has 0 aliphatic rings. The van der Waals surface area contributed by atoms with Gasteiger partial charge in [-0.15, -0.1) is 0 Å². The van der Waals surface area contributed by atoms with Gasteiger partial charge in [0.05, 0.1) is 5.71 Å². The zero-order chi connectivity index (χ0) is 16.4. The van der Waals surface area contributed by atoms with Gasteiger partial charge in [0, 0.05) is 12.1 Å². The summed E-state index contributed by atoms with van der Waals surface area (Å²) >= 11 is 0. The Labute approximate surface area is 136 Å². The molecule has 1 aromatic rings. The number of hydrogen-bond acceptors (Lipinski definition) is 1. The zero-order valence-electron chi connectivity index (χ0n) is 14.7. The highest BCUT2D eigenvalue weighted by atomic mass is 14.7. The highest BCUT2D eigenvalue weighted by molar-refractivity contribution is 6.14. The first-order valence-electron chi connectivity index (χ1n) is 8.27. The molecule has 1 rings (SSSR count). The number of aliphatic imine (C=N–C) groups is 1. The molecule has 118 valence electrons. The minimum atomic E-state index is 0.861. The third-order valence-corrected chi connectivity index (χ3v) is 3.50. The number of benzene rings is 1. The predicted molar refractivity (Wildman–Crippen MR) is 99.8 cm³/mol. The monoisotopic (exact) mass is 295 g/mol. The molecule has 0 aliphatic heterocycles. The van der Waals surface area contributed by atoms with E-state index < -0.39 is 0 Å². The summed E-state index contributed by atoms with van der Waals surface area (Å²) in [5.41, 5.74) is 6.10. The first kappa shape index (κ1) is 18.2. The van der Waals surface area contributed by atoms with Gasteiger partial charge in [-0.2, -0.15) is 0 Å². The standard InChI is InChI=1S/C21H29N/c1-6-11-18(8-3)16-19(9-4)21(22-14-7-2)20-13-10-12-17(5)15-20/h6,9-13,15-16H,7-8,14H2,1-5H3/b11-6+,18-16-,19-9+,22-21?. The summed E-state index contributed by atoms with van der Waals surface area (Å²) in [4.78, 5) is 4.85. The Morgan fingerprint density at radius 1 is 1.18 bits per heavy atom. The van der Waals surface area contributed by atoms with Crippen molar-refractivity contribution in [1.29, 1.82) is 0 Å². The highest BCUT2D eigenvalue weighted by Crippen LogP contribution is 2.17. The van der Waals surface area contributed by atoms with Crippen LogP contribution < -0.4 is 0 Å². The van der Waals surface area contributed by atoms with Crippen molar-refractivity contribution in [1.82, 2.24) is 0 Å². The van der Waals surface area contributed by atoms with Crippen LogP contribution in [-0.4, -0.2) is 12.3 Å². The lowest BCUT2D eigenvalue weighted by Crippen LogP contribution is -2.06. The van der Waals surface area contributed by atoms with E-state index in [0.717, 1.165) is 25.1 Å². The van der Waals surface area contributed by atoms with E-state index >= 15 is 0 Å². The van der Waals surface area contributed by atoms with Gasteiger partial charge in [0.25, 0.3) is 0 Å². The third-order valence-electron chi connectivity index (χ3n) is 3.50. The Hall–Kier alpha value is -1.89. The Balaban J connectivity index is 3.31. The smallest absolute Gasteiger partial charge is 0.0715 e. The minimum absolute atomic E-state index is 0.861. The molecule has 0 N–H and O–H groups in total. The summed E-state index contributed by atoms with van der Waals surface area (Å²) in [6.07, 6.45) is 10.8. The lowest BCUT2D eigenvalue weighted by molar-refractivity contribution is 0.932. The zero-order valence-corrected chi connectivity index (χ0v) is 14.7. The molecule has 0 bridgehead atoms. The van der Waals surface area contributed by atoms with Gasteiger partial charge in [0.2, 0.25) is 0 Å². The van der Waals surface area contributed by atoms with Crippen LogP contribution in [-0.2, 0) is 0 Å². The number of allylic oxidation sites excluding steroid dienone is 6. The first-order chi connectivity index (χ1) is 10.7. The molecule has 0 spiro atoms. The van der Waals surface area contributed by atoms with Crippen molar-refractivity contribution in [2.45, 2.75) is 47.5 Å². The normalized spacial score (nSPS) is 14.0. The lowest BCUT2D eigenvalue weighted by Gasteiger charge is -2.11. The number of hydrogen-bond donors (Lipinski definition) is 0. The van der Waals surface area contributed by atoms with Crippen LogP contribution >= 0.6 is 0 Å². The van der Waals surface area contributed by atoms with Crippen LogP contribution in [0.3, 0.4) is 0 Å². The van der Waals surface area contributed by atoms with Crippen LogP contribution in [0.25, 0.3) is 0 Å². The molecule has 0 atom stereocenters. The van der Waals surface area contributed by atoms with Gasteiger partial charge in [0.15, 0.2) is 0 Å². The van der Waals surface area contributed by atoms with Crippen LogP contribution in [0.1, 0.15) is 51.7 Å². The summed E-state index contributed by atoms with van der Waals surface area (Å²) in [5, 5.41) is 0. The molecule has 1 nitrogen and oxygen atoms in total. The molecule has 0 aromatic heterocycles. The van der Waals surface area contributed by atoms with Crippen LogP contribution in [0.4, 0.5) is 0 Å². The van der Waals surface area contributed by atoms with E-state index in [1.807, 2.05) is 0 Å². The van der Waals surface area contributed by atoms with E-state index in [1.54, 1.807) is 0 Å². The average molecular weight is 295 g/mol. The highest BCUT2D eigenvalue weighted by Gasteiger charge is 2.08. The van der Waals surface area contributed by atoms with Crippen LogP contribution in [0.5, 0.6) is 0 Å². The van der Waals surface area contributed by atoms with Gasteiger partial charge in [0.1, 0.15) is 0 Å². The number of rotatable bonds is 7. The third kappa shape index (κ3) is 5.48. The molecule has 0 unspecified atom stereocenters. The van der Waals surface area contributed by atoms with Crippen molar-refractivity contribution in [3.8, 4) is 0 Å². The fourth-order valence-corrected chi connectivity index (χ4v) is 2.34. The number of nitrogens with zero attached hydrogens (tertiary/aromatic N) is 1. The molecule has 1 heteroatoms. The summed E-state index contributed by atoms with van der Waals surface area (Å²) in [6.45, 7) is 11.5. The van der Waals surface area contributed by atoms with Crippen molar-refractivity contribution >= 4 is 5.71 Å². The molecule has 0 fully saturated rings. The Morgan fingerprint density at radius 2 is 1.95 bits per heavy atom. The van der Waals surface area contributed by atoms with Crippen molar-refractivity contribution in [2.75, 3.05) is 6.54 Å². The summed E-state index contributed by atoms with van der Waals surface area (Å²) in [6, 6.07) is 8.60. The molecule has 1 aromatic carbocycles. The molecular weight excluding hydrogens is 266 g/mol. The summed E-state index contributed by atoms with van der Waals surface area (Å²) in [7, 11) is 0. The van der Waals surface area contributed by atoms with E-state index in [0.29, 0.717) is 0 Å². The van der Waals surface area contributed by atoms with Gasteiger partial charge >= 0.3 is 0 Å². The Bertz CT molecular complexity index is 586. The van der Waals surface area contributed by atoms with E-state index in [1.165, 1.54) is 22.3 Å². The second-order valence-electron chi connectivity index (χ2n) is 5.42. The van der Waals surface area contributed by atoms with E-state index in [-0.39, 0.29) is 0 Å². The Morgan fingerprint density at radius 3 is 2.50 bits per heavy atom. The van der Waals surface area contributed by atoms with Crippen molar-refractivity contribution in [3.05, 3.63) is 70.8 Å². The minimum Gasteiger partial charge on any atom is -0.284 e. The van der Waals surface area contributed by atoms with Crippen LogP contribution in [0, 0.1) is 6.92 Å². The maximum Gasteiger partial charge on any atom is 0.0715 e. The molecule has 0 aliphatic carbocycles. The van der Waals surface area contributed by atoms with Crippen molar-refractivity contribution < 1.29 is 0 Å². The molecule has 0 amide bonds. The molecule has 0 heterocycles. The van der Waals surface area contributed by atoms with E-state index in [9.17, 15) is 0 Å². The largest absolute Gasteiger partial charge is 0.284 e. The fourth-order valence-electron chi connectivity index (χ4n) is 2.34. The van der Waals surface area contributed by atoms with Gasteiger partial charge in [-0.05, 0) is 56.9 Å². The van der Waals surface area contributed by atoms with Crippen molar-refractivity contribution in [3.63, 3.8) is 0 Å².